The average molecular weight is 286 g/mol. The lowest BCUT2D eigenvalue weighted by Crippen LogP contribution is -2.48. The van der Waals surface area contributed by atoms with Crippen molar-refractivity contribution in [2.45, 2.75) is 19.1 Å². The molecule has 1 heterocycles. The van der Waals surface area contributed by atoms with Crippen LogP contribution in [0.4, 0.5) is 11.4 Å². The summed E-state index contributed by atoms with van der Waals surface area (Å²) in [6.45, 7) is 3.76. The molecule has 0 bridgehead atoms. The van der Waals surface area contributed by atoms with Gasteiger partial charge in [-0.15, -0.1) is 12.4 Å². The average Bonchev–Trinajstić information content (AvgIpc) is 2.79. The summed E-state index contributed by atoms with van der Waals surface area (Å²) in [7, 11) is 3.84. The minimum atomic E-state index is -0.747. The Hall–Kier alpha value is -0.970. The molecule has 0 amide bonds. The normalized spacial score (nSPS) is 22.2. The van der Waals surface area contributed by atoms with Gasteiger partial charge in [0.15, 0.2) is 0 Å². The molecule has 2 rings (SSSR count). The first-order valence-electron chi connectivity index (χ1n) is 6.41. The SMILES string of the molecule is CN(C)C(C)(O)C1CCN(c2ccc(N)cc2)C1.Cl. The Balaban J connectivity index is 0.00000180. The number of rotatable bonds is 3. The molecular weight excluding hydrogens is 262 g/mol. The summed E-state index contributed by atoms with van der Waals surface area (Å²) in [5.74, 6) is 0.269. The van der Waals surface area contributed by atoms with Gasteiger partial charge in [-0.3, -0.25) is 4.90 Å². The van der Waals surface area contributed by atoms with Crippen molar-refractivity contribution in [3.05, 3.63) is 24.3 Å². The van der Waals surface area contributed by atoms with Gasteiger partial charge in [-0.05, 0) is 51.7 Å². The fourth-order valence-electron chi connectivity index (χ4n) is 2.49. The summed E-state index contributed by atoms with van der Waals surface area (Å²) in [6.07, 6.45) is 1.01. The van der Waals surface area contributed by atoms with Gasteiger partial charge < -0.3 is 15.7 Å². The second-order valence-corrected chi connectivity index (χ2v) is 5.51. The Bertz CT molecular complexity index is 406. The number of nitrogens with zero attached hydrogens (tertiary/aromatic N) is 2. The molecule has 1 fully saturated rings. The molecule has 2 unspecified atom stereocenters. The predicted octanol–water partition coefficient (Wildman–Crippen LogP) is 1.79. The molecule has 0 aromatic heterocycles. The number of nitrogen functional groups attached to an aromatic ring is 1. The van der Waals surface area contributed by atoms with Gasteiger partial charge in [0.2, 0.25) is 0 Å². The van der Waals surface area contributed by atoms with Crippen LogP contribution in [0, 0.1) is 5.92 Å². The molecular formula is C14H24ClN3O. The van der Waals surface area contributed by atoms with E-state index in [9.17, 15) is 5.11 Å². The van der Waals surface area contributed by atoms with Crippen molar-refractivity contribution in [2.75, 3.05) is 37.8 Å². The topological polar surface area (TPSA) is 52.7 Å². The van der Waals surface area contributed by atoms with Crippen molar-refractivity contribution >= 4 is 23.8 Å². The Morgan fingerprint density at radius 3 is 2.42 bits per heavy atom. The molecule has 108 valence electrons. The van der Waals surface area contributed by atoms with E-state index in [1.807, 2.05) is 50.2 Å². The van der Waals surface area contributed by atoms with Crippen LogP contribution < -0.4 is 10.6 Å². The van der Waals surface area contributed by atoms with Crippen LogP contribution in [0.3, 0.4) is 0 Å². The molecule has 19 heavy (non-hydrogen) atoms. The summed E-state index contributed by atoms with van der Waals surface area (Å²) >= 11 is 0. The molecule has 2 atom stereocenters. The molecule has 4 nitrogen and oxygen atoms in total. The molecule has 0 spiro atoms. The first-order valence-corrected chi connectivity index (χ1v) is 6.41. The Morgan fingerprint density at radius 2 is 1.89 bits per heavy atom. The third kappa shape index (κ3) is 3.32. The summed E-state index contributed by atoms with van der Waals surface area (Å²) in [4.78, 5) is 4.20. The highest BCUT2D eigenvalue weighted by Gasteiger charge is 2.38. The molecule has 0 radical (unpaired) electrons. The van der Waals surface area contributed by atoms with E-state index in [4.69, 9.17) is 5.73 Å². The van der Waals surface area contributed by atoms with Gasteiger partial charge in [0, 0.05) is 30.4 Å². The Morgan fingerprint density at radius 1 is 1.32 bits per heavy atom. The van der Waals surface area contributed by atoms with E-state index in [0.717, 1.165) is 25.2 Å². The highest BCUT2D eigenvalue weighted by atomic mass is 35.5. The quantitative estimate of drug-likeness (QED) is 0.657. The summed E-state index contributed by atoms with van der Waals surface area (Å²) in [6, 6.07) is 7.93. The van der Waals surface area contributed by atoms with Gasteiger partial charge in [-0.1, -0.05) is 0 Å². The molecule has 3 N–H and O–H groups in total. The first-order chi connectivity index (χ1) is 8.41. The van der Waals surface area contributed by atoms with Gasteiger partial charge in [-0.2, -0.15) is 0 Å². The zero-order valence-electron chi connectivity index (χ0n) is 11.8. The highest BCUT2D eigenvalue weighted by molar-refractivity contribution is 5.85. The maximum Gasteiger partial charge on any atom is 0.119 e. The number of halogens is 1. The minimum Gasteiger partial charge on any atom is -0.399 e. The van der Waals surface area contributed by atoms with Gasteiger partial charge in [0.25, 0.3) is 0 Å². The molecule has 1 aliphatic rings. The third-order valence-electron chi connectivity index (χ3n) is 4.13. The lowest BCUT2D eigenvalue weighted by atomic mass is 9.95. The number of hydrogen-bond donors (Lipinski definition) is 2. The lowest BCUT2D eigenvalue weighted by Gasteiger charge is -2.36. The molecule has 1 aromatic rings. The van der Waals surface area contributed by atoms with Crippen molar-refractivity contribution < 1.29 is 5.11 Å². The fourth-order valence-corrected chi connectivity index (χ4v) is 2.49. The zero-order chi connectivity index (χ0) is 13.3. The van der Waals surface area contributed by atoms with E-state index in [1.165, 1.54) is 5.69 Å². The predicted molar refractivity (Wildman–Crippen MR) is 82.7 cm³/mol. The number of hydrogen-bond acceptors (Lipinski definition) is 4. The van der Waals surface area contributed by atoms with Crippen molar-refractivity contribution in [3.63, 3.8) is 0 Å². The summed E-state index contributed by atoms with van der Waals surface area (Å²) < 4.78 is 0. The fraction of sp³-hybridized carbons (Fsp3) is 0.571. The van der Waals surface area contributed by atoms with Crippen molar-refractivity contribution in [1.82, 2.24) is 4.90 Å². The van der Waals surface area contributed by atoms with Gasteiger partial charge in [-0.25, -0.2) is 0 Å². The van der Waals surface area contributed by atoms with E-state index in [-0.39, 0.29) is 18.3 Å². The van der Waals surface area contributed by atoms with Crippen LogP contribution >= 0.6 is 12.4 Å². The Labute approximate surface area is 121 Å². The second-order valence-electron chi connectivity index (χ2n) is 5.51. The van der Waals surface area contributed by atoms with Crippen molar-refractivity contribution in [3.8, 4) is 0 Å². The molecule has 0 saturated carbocycles. The van der Waals surface area contributed by atoms with Crippen molar-refractivity contribution in [1.29, 1.82) is 0 Å². The first kappa shape index (κ1) is 16.1. The van der Waals surface area contributed by atoms with Gasteiger partial charge >= 0.3 is 0 Å². The summed E-state index contributed by atoms with van der Waals surface area (Å²) in [5.41, 5.74) is 6.92. The molecule has 1 saturated heterocycles. The number of benzene rings is 1. The van der Waals surface area contributed by atoms with Crippen LogP contribution in [0.25, 0.3) is 0 Å². The van der Waals surface area contributed by atoms with Crippen LogP contribution in [-0.4, -0.2) is 42.9 Å². The van der Waals surface area contributed by atoms with E-state index < -0.39 is 5.72 Å². The molecule has 1 aromatic carbocycles. The van der Waals surface area contributed by atoms with E-state index in [0.29, 0.717) is 0 Å². The van der Waals surface area contributed by atoms with E-state index in [2.05, 4.69) is 4.90 Å². The monoisotopic (exact) mass is 285 g/mol. The van der Waals surface area contributed by atoms with Gasteiger partial charge in [0.05, 0.1) is 0 Å². The highest BCUT2D eigenvalue weighted by Crippen LogP contribution is 2.32. The van der Waals surface area contributed by atoms with Crippen molar-refractivity contribution in [2.24, 2.45) is 5.92 Å². The number of anilines is 2. The number of aliphatic hydroxyl groups is 1. The van der Waals surface area contributed by atoms with Crippen LogP contribution in [0.2, 0.25) is 0 Å². The van der Waals surface area contributed by atoms with Crippen LogP contribution in [-0.2, 0) is 0 Å². The Kier molecular flexibility index (Phi) is 5.07. The molecule has 1 aliphatic heterocycles. The smallest absolute Gasteiger partial charge is 0.119 e. The minimum absolute atomic E-state index is 0. The molecule has 0 aliphatic carbocycles. The maximum absolute atomic E-state index is 10.5. The maximum atomic E-state index is 10.5. The standard InChI is InChI=1S/C14H23N3O.ClH/c1-14(18,16(2)3)11-8-9-17(10-11)13-6-4-12(15)5-7-13;/h4-7,11,18H,8-10,15H2,1-3H3;1H. The van der Waals surface area contributed by atoms with Crippen LogP contribution in [0.15, 0.2) is 24.3 Å². The second kappa shape index (κ2) is 5.99. The molecule has 5 heteroatoms. The van der Waals surface area contributed by atoms with E-state index in [1.54, 1.807) is 0 Å². The number of nitrogens with two attached hydrogens (primary N) is 1. The third-order valence-corrected chi connectivity index (χ3v) is 4.13. The lowest BCUT2D eigenvalue weighted by molar-refractivity contribution is -0.106. The zero-order valence-corrected chi connectivity index (χ0v) is 12.7. The van der Waals surface area contributed by atoms with Gasteiger partial charge in [0.1, 0.15) is 5.72 Å². The van der Waals surface area contributed by atoms with E-state index >= 15 is 0 Å². The largest absolute Gasteiger partial charge is 0.399 e. The van der Waals surface area contributed by atoms with Crippen LogP contribution in [0.5, 0.6) is 0 Å². The van der Waals surface area contributed by atoms with Crippen LogP contribution in [0.1, 0.15) is 13.3 Å². The summed E-state index contributed by atoms with van der Waals surface area (Å²) in [5, 5.41) is 10.5.